The fourth-order valence-electron chi connectivity index (χ4n) is 6.01. The number of benzene rings is 3. The van der Waals surface area contributed by atoms with Crippen molar-refractivity contribution in [3.63, 3.8) is 0 Å². The zero-order valence-electron chi connectivity index (χ0n) is 21.7. The molecular formula is C30H33F2N3O3. The molecule has 3 aromatic rings. The predicted molar refractivity (Wildman–Crippen MR) is 143 cm³/mol. The maximum atomic E-state index is 13.5. The number of nitrogens with zero attached hydrogens (tertiary/aromatic N) is 1. The number of hydrogen-bond donors (Lipinski definition) is 2. The topological polar surface area (TPSA) is 62.8 Å². The number of urea groups is 1. The molecule has 1 aliphatic carbocycles. The number of rotatable bonds is 7. The van der Waals surface area contributed by atoms with Gasteiger partial charge in [0.25, 0.3) is 0 Å². The first-order chi connectivity index (χ1) is 18.4. The van der Waals surface area contributed by atoms with Crippen LogP contribution in [0.4, 0.5) is 19.3 Å². The lowest BCUT2D eigenvalue weighted by atomic mass is 9.65. The van der Waals surface area contributed by atoms with Gasteiger partial charge >= 0.3 is 6.03 Å². The summed E-state index contributed by atoms with van der Waals surface area (Å²) < 4.78 is 38.5. The van der Waals surface area contributed by atoms with Gasteiger partial charge in [-0.2, -0.15) is 0 Å². The van der Waals surface area contributed by atoms with Crippen molar-refractivity contribution in [1.82, 2.24) is 10.2 Å². The number of nitrogens with one attached hydrogen (secondary N) is 2. The summed E-state index contributed by atoms with van der Waals surface area (Å²) in [6.07, 6.45) is 3.53. The molecule has 3 aromatic carbocycles. The van der Waals surface area contributed by atoms with Crippen LogP contribution in [0.3, 0.4) is 0 Å². The minimum absolute atomic E-state index is 0.0330. The zero-order valence-corrected chi connectivity index (χ0v) is 21.7. The lowest BCUT2D eigenvalue weighted by Crippen LogP contribution is -2.52. The normalized spacial score (nSPS) is 22.9. The standard InChI is InChI=1S/C30H33F2N3O3/c1-35-15-14-30(21-8-11-26(27(16-21)37-2)38-19-20-6-4-3-5-7-20)13-12-23(18-28(30)35)34-29(36)33-22-9-10-24(31)25(32)17-22/h3-11,16-17,23,28H,12-15,18-19H2,1-2H3,(H2,33,34,36)/t23-,28-,30+/m1/s1. The summed E-state index contributed by atoms with van der Waals surface area (Å²) in [5, 5.41) is 5.64. The second kappa shape index (κ2) is 11.0. The number of halogens is 2. The summed E-state index contributed by atoms with van der Waals surface area (Å²) in [5.41, 5.74) is 2.48. The maximum absolute atomic E-state index is 13.5. The summed E-state index contributed by atoms with van der Waals surface area (Å²) >= 11 is 0. The molecule has 8 heteroatoms. The van der Waals surface area contributed by atoms with Crippen molar-refractivity contribution in [2.45, 2.75) is 49.8 Å². The summed E-state index contributed by atoms with van der Waals surface area (Å²) in [6, 6.07) is 19.4. The van der Waals surface area contributed by atoms with Gasteiger partial charge < -0.3 is 25.0 Å². The Kier molecular flexibility index (Phi) is 7.51. The van der Waals surface area contributed by atoms with E-state index in [1.165, 1.54) is 11.6 Å². The minimum Gasteiger partial charge on any atom is -0.493 e. The third kappa shape index (κ3) is 5.31. The van der Waals surface area contributed by atoms with Crippen LogP contribution < -0.4 is 20.1 Å². The fraction of sp³-hybridized carbons (Fsp3) is 0.367. The van der Waals surface area contributed by atoms with E-state index in [9.17, 15) is 13.6 Å². The molecule has 0 radical (unpaired) electrons. The van der Waals surface area contributed by atoms with E-state index >= 15 is 0 Å². The van der Waals surface area contributed by atoms with Crippen LogP contribution in [-0.4, -0.2) is 43.7 Å². The number of anilines is 1. The molecule has 2 aliphatic rings. The zero-order chi connectivity index (χ0) is 26.7. The van der Waals surface area contributed by atoms with Crippen molar-refractivity contribution in [3.8, 4) is 11.5 Å². The Labute approximate surface area is 221 Å². The highest BCUT2D eigenvalue weighted by molar-refractivity contribution is 5.89. The Morgan fingerprint density at radius 3 is 2.61 bits per heavy atom. The second-order valence-corrected chi connectivity index (χ2v) is 10.2. The van der Waals surface area contributed by atoms with Crippen LogP contribution in [0, 0.1) is 11.6 Å². The predicted octanol–water partition coefficient (Wildman–Crippen LogP) is 5.87. The Bertz CT molecular complexity index is 1290. The second-order valence-electron chi connectivity index (χ2n) is 10.2. The molecule has 2 fully saturated rings. The SMILES string of the molecule is COc1cc([C@@]23CC[C@@H](NC(=O)Nc4ccc(F)c(F)c4)C[C@H]2N(C)CC3)ccc1OCc1ccccc1. The van der Waals surface area contributed by atoms with Gasteiger partial charge in [0.15, 0.2) is 23.1 Å². The number of methoxy groups -OCH3 is 1. The number of carbonyl (C=O) groups is 1. The highest BCUT2D eigenvalue weighted by Crippen LogP contribution is 2.50. The smallest absolute Gasteiger partial charge is 0.319 e. The van der Waals surface area contributed by atoms with E-state index in [-0.39, 0.29) is 23.2 Å². The highest BCUT2D eigenvalue weighted by atomic mass is 19.2. The molecular weight excluding hydrogens is 488 g/mol. The first kappa shape index (κ1) is 26.0. The average molecular weight is 522 g/mol. The summed E-state index contributed by atoms with van der Waals surface area (Å²) in [5.74, 6) is -0.517. The van der Waals surface area contributed by atoms with Gasteiger partial charge in [-0.1, -0.05) is 36.4 Å². The van der Waals surface area contributed by atoms with Gasteiger partial charge in [0, 0.05) is 29.3 Å². The van der Waals surface area contributed by atoms with Crippen molar-refractivity contribution in [1.29, 1.82) is 0 Å². The van der Waals surface area contributed by atoms with Crippen molar-refractivity contribution in [2.24, 2.45) is 0 Å². The molecule has 3 atom stereocenters. The molecule has 38 heavy (non-hydrogen) atoms. The summed E-state index contributed by atoms with van der Waals surface area (Å²) in [7, 11) is 3.79. The van der Waals surface area contributed by atoms with Crippen LogP contribution in [-0.2, 0) is 12.0 Å². The maximum Gasteiger partial charge on any atom is 0.319 e. The number of amides is 2. The monoisotopic (exact) mass is 521 g/mol. The first-order valence-corrected chi connectivity index (χ1v) is 13.0. The van der Waals surface area contributed by atoms with Gasteiger partial charge in [0.1, 0.15) is 6.61 Å². The van der Waals surface area contributed by atoms with E-state index in [0.717, 1.165) is 49.9 Å². The summed E-state index contributed by atoms with van der Waals surface area (Å²) in [4.78, 5) is 15.0. The molecule has 5 rings (SSSR count). The third-order valence-corrected chi connectivity index (χ3v) is 8.02. The number of likely N-dealkylation sites (N-methyl/N-ethyl adjacent to an activating group) is 1. The molecule has 1 saturated heterocycles. The molecule has 200 valence electrons. The van der Waals surface area contributed by atoms with E-state index in [4.69, 9.17) is 9.47 Å². The molecule has 0 aromatic heterocycles. The van der Waals surface area contributed by atoms with E-state index < -0.39 is 17.7 Å². The molecule has 0 unspecified atom stereocenters. The van der Waals surface area contributed by atoms with Gasteiger partial charge in [0.05, 0.1) is 7.11 Å². The largest absolute Gasteiger partial charge is 0.493 e. The van der Waals surface area contributed by atoms with Gasteiger partial charge in [-0.15, -0.1) is 0 Å². The van der Waals surface area contributed by atoms with E-state index in [1.807, 2.05) is 36.4 Å². The molecule has 2 amide bonds. The Hall–Kier alpha value is -3.65. The molecule has 1 aliphatic heterocycles. The number of carbonyl (C=O) groups excluding carboxylic acids is 1. The van der Waals surface area contributed by atoms with E-state index in [2.05, 4.69) is 34.7 Å². The molecule has 0 bridgehead atoms. The van der Waals surface area contributed by atoms with E-state index in [0.29, 0.717) is 18.1 Å². The van der Waals surface area contributed by atoms with Crippen LogP contribution >= 0.6 is 0 Å². The summed E-state index contributed by atoms with van der Waals surface area (Å²) in [6.45, 7) is 1.43. The van der Waals surface area contributed by atoms with Crippen LogP contribution in [0.1, 0.15) is 36.8 Å². The number of ether oxygens (including phenoxy) is 2. The van der Waals surface area contributed by atoms with Crippen LogP contribution in [0.2, 0.25) is 0 Å². The van der Waals surface area contributed by atoms with Crippen molar-refractivity contribution >= 4 is 11.7 Å². The highest BCUT2D eigenvalue weighted by Gasteiger charge is 2.50. The van der Waals surface area contributed by atoms with Crippen molar-refractivity contribution < 1.29 is 23.0 Å². The number of hydrogen-bond acceptors (Lipinski definition) is 4. The third-order valence-electron chi connectivity index (χ3n) is 8.02. The molecule has 0 spiro atoms. The van der Waals surface area contributed by atoms with Gasteiger partial charge in [-0.3, -0.25) is 0 Å². The lowest BCUT2D eigenvalue weighted by molar-refractivity contribution is 0.156. The Balaban J connectivity index is 1.27. The molecule has 1 heterocycles. The number of likely N-dealkylation sites (tertiary alicyclic amines) is 1. The first-order valence-electron chi connectivity index (χ1n) is 13.0. The molecule has 1 saturated carbocycles. The van der Waals surface area contributed by atoms with Gasteiger partial charge in [-0.05, 0) is 74.7 Å². The Morgan fingerprint density at radius 2 is 1.84 bits per heavy atom. The van der Waals surface area contributed by atoms with Crippen LogP contribution in [0.25, 0.3) is 0 Å². The molecule has 2 N–H and O–H groups in total. The number of fused-ring (bicyclic) bond motifs is 1. The lowest BCUT2D eigenvalue weighted by Gasteiger charge is -2.45. The molecule has 6 nitrogen and oxygen atoms in total. The quantitative estimate of drug-likeness (QED) is 0.408. The van der Waals surface area contributed by atoms with Gasteiger partial charge in [0.2, 0.25) is 0 Å². The van der Waals surface area contributed by atoms with Crippen LogP contribution in [0.5, 0.6) is 11.5 Å². The average Bonchev–Trinajstić information content (AvgIpc) is 3.27. The van der Waals surface area contributed by atoms with Crippen molar-refractivity contribution in [3.05, 3.63) is 89.5 Å². The van der Waals surface area contributed by atoms with Gasteiger partial charge in [-0.25, -0.2) is 13.6 Å². The fourth-order valence-corrected chi connectivity index (χ4v) is 6.01. The van der Waals surface area contributed by atoms with E-state index in [1.54, 1.807) is 7.11 Å². The van der Waals surface area contributed by atoms with Crippen LogP contribution in [0.15, 0.2) is 66.7 Å². The van der Waals surface area contributed by atoms with Crippen molar-refractivity contribution in [2.75, 3.05) is 26.0 Å². The Morgan fingerprint density at radius 1 is 1.03 bits per heavy atom. The minimum atomic E-state index is -0.996.